The van der Waals surface area contributed by atoms with E-state index in [4.69, 9.17) is 4.74 Å². The molecular formula is C34H41N5O5S. The molecule has 2 aromatic carbocycles. The Morgan fingerprint density at radius 1 is 1.00 bits per heavy atom. The minimum Gasteiger partial charge on any atom is -0.496 e. The van der Waals surface area contributed by atoms with Gasteiger partial charge in [0.1, 0.15) is 5.75 Å². The van der Waals surface area contributed by atoms with Crippen molar-refractivity contribution >= 4 is 39.0 Å². The molecule has 1 saturated carbocycles. The zero-order valence-electron chi connectivity index (χ0n) is 26.1. The van der Waals surface area contributed by atoms with E-state index in [0.717, 1.165) is 70.6 Å². The van der Waals surface area contributed by atoms with E-state index in [-0.39, 0.29) is 11.5 Å². The summed E-state index contributed by atoms with van der Waals surface area (Å²) >= 11 is 0. The minimum absolute atomic E-state index is 0.0187. The number of rotatable bonds is 6. The molecule has 0 spiro atoms. The molecule has 2 unspecified atom stereocenters. The van der Waals surface area contributed by atoms with E-state index in [1.807, 2.05) is 29.2 Å². The Balaban J connectivity index is 1.42. The van der Waals surface area contributed by atoms with Crippen LogP contribution in [0.5, 0.6) is 5.75 Å². The third-order valence-electron chi connectivity index (χ3n) is 10.0. The predicted molar refractivity (Wildman–Crippen MR) is 174 cm³/mol. The molecular weight excluding hydrogens is 590 g/mol. The lowest BCUT2D eigenvalue weighted by Crippen LogP contribution is -2.53. The lowest BCUT2D eigenvalue weighted by molar-refractivity contribution is -0.128. The fourth-order valence-corrected chi connectivity index (χ4v) is 8.34. The van der Waals surface area contributed by atoms with Crippen LogP contribution in [-0.2, 0) is 21.5 Å². The van der Waals surface area contributed by atoms with Gasteiger partial charge in [0.25, 0.3) is 11.8 Å². The molecule has 2 N–H and O–H groups in total. The number of nitrogens with one attached hydrogen (secondary N) is 2. The Bertz CT molecular complexity index is 1810. The first-order valence-electron chi connectivity index (χ1n) is 16.0. The number of hydrogen-bond acceptors (Lipinski definition) is 6. The summed E-state index contributed by atoms with van der Waals surface area (Å²) in [6.45, 7) is 1.70. The van der Waals surface area contributed by atoms with Crippen molar-refractivity contribution in [3.8, 4) is 17.0 Å². The Kier molecular flexibility index (Phi) is 7.74. The summed E-state index contributed by atoms with van der Waals surface area (Å²) in [4.78, 5) is 29.6. The van der Waals surface area contributed by atoms with Gasteiger partial charge in [-0.3, -0.25) is 9.59 Å². The molecule has 2 atom stereocenters. The first kappa shape index (κ1) is 30.0. The minimum atomic E-state index is -3.97. The lowest BCUT2D eigenvalue weighted by atomic mass is 9.81. The quantitative estimate of drug-likeness (QED) is 0.421. The van der Waals surface area contributed by atoms with Crippen LogP contribution in [0.15, 0.2) is 42.0 Å². The lowest BCUT2D eigenvalue weighted by Gasteiger charge is -2.33. The average Bonchev–Trinajstić information content (AvgIpc) is 3.48. The summed E-state index contributed by atoms with van der Waals surface area (Å²) in [7, 11) is 0.447. The number of carbonyl (C=O) groups excluding carboxylic acids is 2. The Labute approximate surface area is 264 Å². The summed E-state index contributed by atoms with van der Waals surface area (Å²) in [5.41, 5.74) is 5.88. The number of piperazine rings is 1. The van der Waals surface area contributed by atoms with Crippen LogP contribution in [0.25, 0.3) is 28.2 Å². The highest BCUT2D eigenvalue weighted by molar-refractivity contribution is 7.87. The molecule has 11 heteroatoms. The highest BCUT2D eigenvalue weighted by atomic mass is 32.2. The Hall–Kier alpha value is -3.67. The fraction of sp³-hybridized carbons (Fsp3) is 0.471. The number of fused-ring (bicyclic) bond motifs is 7. The van der Waals surface area contributed by atoms with Crippen LogP contribution < -0.4 is 14.8 Å². The van der Waals surface area contributed by atoms with Gasteiger partial charge in [0.05, 0.1) is 19.3 Å². The van der Waals surface area contributed by atoms with Gasteiger partial charge in [-0.1, -0.05) is 37.5 Å². The van der Waals surface area contributed by atoms with Crippen LogP contribution in [0.1, 0.15) is 72.3 Å². The molecule has 45 heavy (non-hydrogen) atoms. The van der Waals surface area contributed by atoms with Gasteiger partial charge < -0.3 is 19.5 Å². The topological polar surface area (TPSA) is 113 Å². The van der Waals surface area contributed by atoms with Crippen molar-refractivity contribution in [2.45, 2.75) is 69.5 Å². The zero-order chi connectivity index (χ0) is 31.5. The third kappa shape index (κ3) is 5.34. The predicted octanol–water partition coefficient (Wildman–Crippen LogP) is 4.26. The third-order valence-corrected chi connectivity index (χ3v) is 11.5. The largest absolute Gasteiger partial charge is 0.496 e. The summed E-state index contributed by atoms with van der Waals surface area (Å²) in [5, 5.41) is 4.66. The Morgan fingerprint density at radius 3 is 2.42 bits per heavy atom. The molecule has 10 nitrogen and oxygen atoms in total. The summed E-state index contributed by atoms with van der Waals surface area (Å²) in [6.07, 6.45) is 9.81. The maximum Gasteiger partial charge on any atom is 0.303 e. The molecule has 3 fully saturated rings. The van der Waals surface area contributed by atoms with Crippen molar-refractivity contribution in [3.63, 3.8) is 0 Å². The molecule has 0 radical (unpaired) electrons. The molecule has 1 aliphatic carbocycles. The van der Waals surface area contributed by atoms with Crippen LogP contribution in [-0.4, -0.2) is 80.4 Å². The van der Waals surface area contributed by atoms with Gasteiger partial charge in [-0.05, 0) is 61.4 Å². The second-order valence-electron chi connectivity index (χ2n) is 13.1. The van der Waals surface area contributed by atoms with Gasteiger partial charge in [0.2, 0.25) is 0 Å². The zero-order valence-corrected chi connectivity index (χ0v) is 27.0. The first-order valence-corrected chi connectivity index (χ1v) is 17.4. The normalized spacial score (nSPS) is 21.7. The van der Waals surface area contributed by atoms with Gasteiger partial charge in [-0.15, -0.1) is 0 Å². The number of benzene rings is 2. The number of amides is 2. The second kappa shape index (κ2) is 11.6. The molecule has 1 aromatic heterocycles. The van der Waals surface area contributed by atoms with Gasteiger partial charge >= 0.3 is 10.2 Å². The van der Waals surface area contributed by atoms with Crippen LogP contribution in [0.3, 0.4) is 0 Å². The summed E-state index contributed by atoms with van der Waals surface area (Å²) in [6, 6.07) is 12.1. The van der Waals surface area contributed by atoms with E-state index in [1.165, 1.54) is 26.1 Å². The van der Waals surface area contributed by atoms with Crippen molar-refractivity contribution < 1.29 is 22.7 Å². The monoisotopic (exact) mass is 631 g/mol. The highest BCUT2D eigenvalue weighted by Gasteiger charge is 2.37. The molecule has 2 bridgehead atoms. The number of ether oxygens (including phenoxy) is 1. The van der Waals surface area contributed by atoms with E-state index < -0.39 is 16.1 Å². The molecule has 4 aliphatic rings. The van der Waals surface area contributed by atoms with Crippen LogP contribution in [0.2, 0.25) is 0 Å². The van der Waals surface area contributed by atoms with Crippen LogP contribution >= 0.6 is 0 Å². The van der Waals surface area contributed by atoms with Gasteiger partial charge in [-0.25, -0.2) is 4.72 Å². The van der Waals surface area contributed by atoms with E-state index >= 15 is 0 Å². The second-order valence-corrected chi connectivity index (χ2v) is 15.0. The van der Waals surface area contributed by atoms with E-state index in [2.05, 4.69) is 20.7 Å². The molecule has 2 amide bonds. The SMILES string of the molecule is COc1cccc2c1C=C(C(=O)N1CC3CCC(C1)N3)Cn1c-2c(C2CCCCC2)c2ccc(C(=O)NS(=O)(=O)N(C)C)cc21. The highest BCUT2D eigenvalue weighted by Crippen LogP contribution is 2.48. The number of methoxy groups -OCH3 is 1. The number of nitrogens with zero attached hydrogens (tertiary/aromatic N) is 3. The van der Waals surface area contributed by atoms with E-state index in [9.17, 15) is 18.0 Å². The van der Waals surface area contributed by atoms with Crippen molar-refractivity contribution in [2.24, 2.45) is 0 Å². The maximum atomic E-state index is 14.3. The number of hydrogen-bond donors (Lipinski definition) is 2. The number of aromatic nitrogens is 1. The van der Waals surface area contributed by atoms with Crippen LogP contribution in [0.4, 0.5) is 0 Å². The van der Waals surface area contributed by atoms with E-state index in [0.29, 0.717) is 49.0 Å². The average molecular weight is 632 g/mol. The van der Waals surface area contributed by atoms with Crippen molar-refractivity contribution in [1.82, 2.24) is 23.8 Å². The maximum absolute atomic E-state index is 14.3. The fourth-order valence-electron chi connectivity index (χ4n) is 7.81. The smallest absolute Gasteiger partial charge is 0.303 e. The standard InChI is InChI=1S/C34H41N5O5S/c1-37(2)45(42,43)36-33(40)22-12-15-27-29(17-22)39-18-23(34(41)38-19-24-13-14-25(20-38)35-24)16-28-26(10-7-11-30(28)44-3)32(39)31(27)21-8-5-4-6-9-21/h7,10-12,15-17,21,24-25,35H,4-6,8-9,13-14,18-20H2,1-3H3,(H,36,40). The molecule has 3 aliphatic heterocycles. The number of likely N-dealkylation sites (tertiary alicyclic amines) is 1. The Morgan fingerprint density at radius 2 is 1.73 bits per heavy atom. The van der Waals surface area contributed by atoms with Gasteiger partial charge in [-0.2, -0.15) is 12.7 Å². The van der Waals surface area contributed by atoms with Crippen molar-refractivity contribution in [2.75, 3.05) is 34.3 Å². The molecule has 238 valence electrons. The van der Waals surface area contributed by atoms with Gasteiger partial charge in [0.15, 0.2) is 0 Å². The number of carbonyl (C=O) groups is 2. The molecule has 2 saturated heterocycles. The summed E-state index contributed by atoms with van der Waals surface area (Å²) in [5.74, 6) is 0.358. The summed E-state index contributed by atoms with van der Waals surface area (Å²) < 4.78 is 36.2. The first-order chi connectivity index (χ1) is 21.6. The van der Waals surface area contributed by atoms with E-state index in [1.54, 1.807) is 19.2 Å². The van der Waals surface area contributed by atoms with Crippen molar-refractivity contribution in [3.05, 3.63) is 58.7 Å². The van der Waals surface area contributed by atoms with Crippen molar-refractivity contribution in [1.29, 1.82) is 0 Å². The molecule has 7 rings (SSSR count). The molecule has 4 heterocycles. The van der Waals surface area contributed by atoms with Gasteiger partial charge in [0, 0.05) is 72.4 Å². The molecule has 3 aromatic rings. The van der Waals surface area contributed by atoms with Crippen LogP contribution in [0, 0.1) is 0 Å².